The lowest BCUT2D eigenvalue weighted by atomic mass is 9.88. The first-order valence-corrected chi connectivity index (χ1v) is 14.2. The van der Waals surface area contributed by atoms with Crippen LogP contribution in [-0.2, 0) is 0 Å². The maximum Gasteiger partial charge on any atom is 0.387 e. The molecule has 0 radical (unpaired) electrons. The number of nitrogens with zero attached hydrogens (tertiary/aromatic N) is 3. The summed E-state index contributed by atoms with van der Waals surface area (Å²) in [5.74, 6) is 0.168. The van der Waals surface area contributed by atoms with Gasteiger partial charge in [-0.1, -0.05) is 59.8 Å². The SMILES string of the molecule is CN1CC2=C(N=C3SC=C(c4ccc(Cl)cc4)N3C2c2ccc(OC(F)F)cc2)/C(=C/c2ccc(OC(F)F)cc2)C1. The van der Waals surface area contributed by atoms with Crippen molar-refractivity contribution in [2.24, 2.45) is 4.99 Å². The van der Waals surface area contributed by atoms with E-state index in [1.807, 2.05) is 37.4 Å². The number of likely N-dealkylation sites (N-methyl/N-ethyl adjacent to an activating group) is 1. The van der Waals surface area contributed by atoms with Gasteiger partial charge in [0.05, 0.1) is 17.4 Å². The van der Waals surface area contributed by atoms with Gasteiger partial charge in [0, 0.05) is 23.5 Å². The molecule has 3 aromatic carbocycles. The predicted molar refractivity (Wildman–Crippen MR) is 158 cm³/mol. The molecule has 3 aliphatic rings. The summed E-state index contributed by atoms with van der Waals surface area (Å²) in [4.78, 5) is 9.47. The summed E-state index contributed by atoms with van der Waals surface area (Å²) in [6.07, 6.45) is 2.00. The lowest BCUT2D eigenvalue weighted by Gasteiger charge is -2.42. The van der Waals surface area contributed by atoms with Crippen LogP contribution in [0.3, 0.4) is 0 Å². The van der Waals surface area contributed by atoms with E-state index in [0.29, 0.717) is 18.1 Å². The van der Waals surface area contributed by atoms with Gasteiger partial charge in [-0.25, -0.2) is 4.99 Å². The lowest BCUT2D eigenvalue weighted by molar-refractivity contribution is -0.0505. The van der Waals surface area contributed by atoms with E-state index >= 15 is 0 Å². The molecule has 0 aliphatic carbocycles. The highest BCUT2D eigenvalue weighted by molar-refractivity contribution is 8.16. The summed E-state index contributed by atoms with van der Waals surface area (Å²) in [6.45, 7) is -4.55. The molecule has 216 valence electrons. The molecular weight excluding hydrogens is 590 g/mol. The van der Waals surface area contributed by atoms with Crippen LogP contribution in [0.15, 0.2) is 100 Å². The Kier molecular flexibility index (Phi) is 8.02. The number of halogens is 5. The van der Waals surface area contributed by atoms with Gasteiger partial charge in [0.25, 0.3) is 0 Å². The highest BCUT2D eigenvalue weighted by Crippen LogP contribution is 2.49. The number of ether oxygens (including phenoxy) is 2. The second-order valence-electron chi connectivity index (χ2n) is 9.91. The topological polar surface area (TPSA) is 37.3 Å². The van der Waals surface area contributed by atoms with Crippen molar-refractivity contribution in [2.75, 3.05) is 20.1 Å². The Balaban J connectivity index is 1.43. The Labute approximate surface area is 249 Å². The number of benzene rings is 3. The molecular formula is C31H24ClF4N3O2S. The molecule has 3 aliphatic heterocycles. The first-order valence-electron chi connectivity index (χ1n) is 13.0. The van der Waals surface area contributed by atoms with Crippen LogP contribution < -0.4 is 9.47 Å². The first kappa shape index (κ1) is 28.4. The van der Waals surface area contributed by atoms with Gasteiger partial charge in [-0.05, 0) is 77.4 Å². The molecule has 0 N–H and O–H groups in total. The van der Waals surface area contributed by atoms with Gasteiger partial charge in [-0.15, -0.1) is 0 Å². The Morgan fingerprint density at radius 1 is 0.881 bits per heavy atom. The molecule has 6 rings (SSSR count). The van der Waals surface area contributed by atoms with Crippen LogP contribution in [0.2, 0.25) is 5.02 Å². The van der Waals surface area contributed by atoms with E-state index in [4.69, 9.17) is 16.6 Å². The zero-order valence-corrected chi connectivity index (χ0v) is 23.8. The number of alkyl halides is 4. The van der Waals surface area contributed by atoms with Crippen molar-refractivity contribution in [3.63, 3.8) is 0 Å². The van der Waals surface area contributed by atoms with Crippen LogP contribution in [-0.4, -0.2) is 48.3 Å². The van der Waals surface area contributed by atoms with Crippen LogP contribution in [0.1, 0.15) is 22.7 Å². The first-order chi connectivity index (χ1) is 20.2. The minimum Gasteiger partial charge on any atom is -0.435 e. The van der Waals surface area contributed by atoms with Gasteiger partial charge in [-0.2, -0.15) is 17.6 Å². The highest BCUT2D eigenvalue weighted by atomic mass is 35.5. The van der Waals surface area contributed by atoms with E-state index in [0.717, 1.165) is 44.4 Å². The van der Waals surface area contributed by atoms with E-state index in [1.54, 1.807) is 36.4 Å². The smallest absolute Gasteiger partial charge is 0.387 e. The lowest BCUT2D eigenvalue weighted by Crippen LogP contribution is -2.40. The fraction of sp³-hybridized carbons (Fsp3) is 0.194. The molecule has 0 aromatic heterocycles. The molecule has 0 bridgehead atoms. The van der Waals surface area contributed by atoms with E-state index in [2.05, 4.69) is 24.7 Å². The van der Waals surface area contributed by atoms with E-state index in [1.165, 1.54) is 23.9 Å². The number of thioether (sulfide) groups is 1. The number of amidine groups is 1. The largest absolute Gasteiger partial charge is 0.435 e. The normalized spacial score (nSPS) is 19.7. The fourth-order valence-electron chi connectivity index (χ4n) is 5.33. The van der Waals surface area contributed by atoms with E-state index in [-0.39, 0.29) is 17.5 Å². The van der Waals surface area contributed by atoms with Crippen molar-refractivity contribution in [1.82, 2.24) is 9.80 Å². The molecule has 5 nitrogen and oxygen atoms in total. The zero-order valence-electron chi connectivity index (χ0n) is 22.2. The van der Waals surface area contributed by atoms with Crippen molar-refractivity contribution in [1.29, 1.82) is 0 Å². The summed E-state index contributed by atoms with van der Waals surface area (Å²) in [5.41, 5.74) is 6.49. The predicted octanol–water partition coefficient (Wildman–Crippen LogP) is 8.28. The number of rotatable bonds is 7. The van der Waals surface area contributed by atoms with Crippen molar-refractivity contribution in [3.8, 4) is 11.5 Å². The molecule has 0 saturated carbocycles. The van der Waals surface area contributed by atoms with Crippen molar-refractivity contribution >= 4 is 40.3 Å². The summed E-state index contributed by atoms with van der Waals surface area (Å²) in [6, 6.07) is 20.5. The maximum atomic E-state index is 12.9. The van der Waals surface area contributed by atoms with Gasteiger partial charge in [-0.3, -0.25) is 4.90 Å². The van der Waals surface area contributed by atoms with Crippen LogP contribution >= 0.6 is 23.4 Å². The number of hydrogen-bond acceptors (Lipinski definition) is 6. The molecule has 1 unspecified atom stereocenters. The molecule has 3 heterocycles. The standard InChI is InChI=1S/C31H24ClF4N3O2S/c1-38-15-21(14-18-2-10-23(11-3-18)40-29(33)34)27-25(16-38)28(20-6-12-24(13-7-20)41-30(35)36)39-26(17-42-31(39)37-27)19-4-8-22(32)9-5-19/h2-14,17,28-30H,15-16H2,1H3/b21-14+. The molecule has 3 aromatic rings. The van der Waals surface area contributed by atoms with Crippen LogP contribution in [0.25, 0.3) is 11.8 Å². The van der Waals surface area contributed by atoms with E-state index in [9.17, 15) is 17.6 Å². The second kappa shape index (κ2) is 11.9. The molecule has 42 heavy (non-hydrogen) atoms. The fourth-order valence-corrected chi connectivity index (χ4v) is 6.38. The van der Waals surface area contributed by atoms with Gasteiger partial charge in [0.2, 0.25) is 0 Å². The third-order valence-corrected chi connectivity index (χ3v) is 8.13. The zero-order chi connectivity index (χ0) is 29.4. The Morgan fingerprint density at radius 3 is 2.12 bits per heavy atom. The monoisotopic (exact) mass is 613 g/mol. The molecule has 0 amide bonds. The Bertz CT molecular complexity index is 1590. The minimum absolute atomic E-state index is 0.0810. The van der Waals surface area contributed by atoms with E-state index < -0.39 is 13.2 Å². The molecule has 0 spiro atoms. The Hall–Kier alpha value is -3.73. The highest BCUT2D eigenvalue weighted by Gasteiger charge is 2.41. The average Bonchev–Trinajstić information content (AvgIpc) is 3.37. The van der Waals surface area contributed by atoms with Crippen LogP contribution in [0.4, 0.5) is 17.6 Å². The minimum atomic E-state index is -2.91. The number of fused-ring (bicyclic) bond motifs is 1. The molecule has 0 saturated heterocycles. The summed E-state index contributed by atoms with van der Waals surface area (Å²) < 4.78 is 60.0. The maximum absolute atomic E-state index is 12.9. The molecule has 0 fully saturated rings. The number of hydrogen-bond donors (Lipinski definition) is 0. The van der Waals surface area contributed by atoms with Gasteiger partial charge in [0.1, 0.15) is 11.5 Å². The summed E-state index contributed by atoms with van der Waals surface area (Å²) in [7, 11) is 2.02. The van der Waals surface area contributed by atoms with Crippen LogP contribution in [0.5, 0.6) is 11.5 Å². The average molecular weight is 614 g/mol. The third kappa shape index (κ3) is 5.92. The van der Waals surface area contributed by atoms with Gasteiger partial charge in [0.15, 0.2) is 5.17 Å². The van der Waals surface area contributed by atoms with Crippen LogP contribution in [0, 0.1) is 0 Å². The molecule has 11 heteroatoms. The van der Waals surface area contributed by atoms with Crippen molar-refractivity contribution in [3.05, 3.63) is 117 Å². The summed E-state index contributed by atoms with van der Waals surface area (Å²) in [5, 5.41) is 3.47. The van der Waals surface area contributed by atoms with Gasteiger partial charge < -0.3 is 14.4 Å². The summed E-state index contributed by atoms with van der Waals surface area (Å²) >= 11 is 7.68. The quantitative estimate of drug-likeness (QED) is 0.251. The van der Waals surface area contributed by atoms with Crippen molar-refractivity contribution < 1.29 is 27.0 Å². The van der Waals surface area contributed by atoms with Crippen molar-refractivity contribution in [2.45, 2.75) is 19.3 Å². The Morgan fingerprint density at radius 2 is 1.50 bits per heavy atom. The second-order valence-corrected chi connectivity index (χ2v) is 11.2. The third-order valence-electron chi connectivity index (χ3n) is 7.03. The van der Waals surface area contributed by atoms with Gasteiger partial charge >= 0.3 is 13.2 Å². The molecule has 1 atom stereocenters. The number of aliphatic imine (C=N–C) groups is 1.